The first kappa shape index (κ1) is 8.23. The minimum Gasteiger partial charge on any atom is -0.367 e. The van der Waals surface area contributed by atoms with Crippen LogP contribution >= 0.6 is 0 Å². The van der Waals surface area contributed by atoms with Crippen molar-refractivity contribution in [3.8, 4) is 11.3 Å². The smallest absolute Gasteiger partial charge is 0.252 e. The topological polar surface area (TPSA) is 57.8 Å². The molecule has 0 unspecified atom stereocenters. The summed E-state index contributed by atoms with van der Waals surface area (Å²) in [6.45, 7) is 0.572. The van der Waals surface area contributed by atoms with Crippen molar-refractivity contribution >= 4 is 5.91 Å². The van der Waals surface area contributed by atoms with Crippen molar-refractivity contribution in [2.75, 3.05) is 0 Å². The molecular formula is C11H9N3O. The zero-order chi connectivity index (χ0) is 10.3. The Morgan fingerprint density at radius 3 is 3.07 bits per heavy atom. The molecule has 0 fully saturated rings. The SMILES string of the molecule is O=C1NCc2c1ccnc2-c1cc[nH]c1. The van der Waals surface area contributed by atoms with Crippen LogP contribution in [0, 0.1) is 0 Å². The van der Waals surface area contributed by atoms with E-state index >= 15 is 0 Å². The van der Waals surface area contributed by atoms with Gasteiger partial charge in [0, 0.05) is 41.8 Å². The van der Waals surface area contributed by atoms with Crippen LogP contribution in [0.1, 0.15) is 15.9 Å². The Balaban J connectivity index is 2.23. The highest BCUT2D eigenvalue weighted by atomic mass is 16.1. The summed E-state index contributed by atoms with van der Waals surface area (Å²) in [4.78, 5) is 18.7. The summed E-state index contributed by atoms with van der Waals surface area (Å²) in [6.07, 6.45) is 5.40. The summed E-state index contributed by atoms with van der Waals surface area (Å²) < 4.78 is 0. The Morgan fingerprint density at radius 2 is 2.27 bits per heavy atom. The summed E-state index contributed by atoms with van der Waals surface area (Å²) in [5.41, 5.74) is 3.62. The van der Waals surface area contributed by atoms with Gasteiger partial charge in [-0.1, -0.05) is 0 Å². The van der Waals surface area contributed by atoms with Gasteiger partial charge in [-0.3, -0.25) is 9.78 Å². The van der Waals surface area contributed by atoms with Gasteiger partial charge in [0.25, 0.3) is 5.91 Å². The fourth-order valence-corrected chi connectivity index (χ4v) is 1.87. The molecule has 4 heteroatoms. The predicted molar refractivity (Wildman–Crippen MR) is 55.2 cm³/mol. The summed E-state index contributed by atoms with van der Waals surface area (Å²) in [7, 11) is 0. The van der Waals surface area contributed by atoms with E-state index in [0.717, 1.165) is 22.4 Å². The summed E-state index contributed by atoms with van der Waals surface area (Å²) in [5.74, 6) is -0.0100. The van der Waals surface area contributed by atoms with Crippen LogP contribution in [0.15, 0.2) is 30.7 Å². The van der Waals surface area contributed by atoms with E-state index in [0.29, 0.717) is 6.54 Å². The number of nitrogens with zero attached hydrogens (tertiary/aromatic N) is 1. The number of rotatable bonds is 1. The highest BCUT2D eigenvalue weighted by molar-refractivity contribution is 5.99. The van der Waals surface area contributed by atoms with E-state index in [4.69, 9.17) is 0 Å². The molecule has 1 aliphatic heterocycles. The second-order valence-electron chi connectivity index (χ2n) is 3.47. The Morgan fingerprint density at radius 1 is 1.33 bits per heavy atom. The van der Waals surface area contributed by atoms with E-state index < -0.39 is 0 Å². The molecule has 3 rings (SSSR count). The van der Waals surface area contributed by atoms with Gasteiger partial charge in [0.1, 0.15) is 0 Å². The molecule has 2 aromatic heterocycles. The number of fused-ring (bicyclic) bond motifs is 1. The maximum absolute atomic E-state index is 11.4. The lowest BCUT2D eigenvalue weighted by atomic mass is 10.1. The Kier molecular flexibility index (Phi) is 1.62. The molecule has 0 aliphatic carbocycles. The largest absolute Gasteiger partial charge is 0.367 e. The third kappa shape index (κ3) is 1.15. The van der Waals surface area contributed by atoms with Gasteiger partial charge in [-0.05, 0) is 12.1 Å². The van der Waals surface area contributed by atoms with Crippen molar-refractivity contribution in [1.82, 2.24) is 15.3 Å². The van der Waals surface area contributed by atoms with Crippen molar-refractivity contribution in [1.29, 1.82) is 0 Å². The van der Waals surface area contributed by atoms with Crippen molar-refractivity contribution < 1.29 is 4.79 Å². The lowest BCUT2D eigenvalue weighted by Crippen LogP contribution is -2.12. The van der Waals surface area contributed by atoms with Gasteiger partial charge < -0.3 is 10.3 Å². The maximum atomic E-state index is 11.4. The molecule has 4 nitrogen and oxygen atoms in total. The van der Waals surface area contributed by atoms with Crippen LogP contribution in [0.3, 0.4) is 0 Å². The van der Waals surface area contributed by atoms with Crippen LogP contribution in [-0.4, -0.2) is 15.9 Å². The van der Waals surface area contributed by atoms with Crippen LogP contribution < -0.4 is 5.32 Å². The number of aromatic amines is 1. The molecule has 1 aliphatic rings. The van der Waals surface area contributed by atoms with E-state index in [-0.39, 0.29) is 5.91 Å². The molecule has 2 aromatic rings. The molecule has 0 saturated carbocycles. The van der Waals surface area contributed by atoms with Crippen molar-refractivity contribution in [3.63, 3.8) is 0 Å². The molecule has 74 valence electrons. The highest BCUT2D eigenvalue weighted by Crippen LogP contribution is 2.26. The van der Waals surface area contributed by atoms with Crippen LogP contribution in [0.5, 0.6) is 0 Å². The van der Waals surface area contributed by atoms with E-state index in [1.54, 1.807) is 12.3 Å². The predicted octanol–water partition coefficient (Wildman–Crippen LogP) is 1.32. The standard InChI is InChI=1S/C11H9N3O/c15-11-8-2-4-13-10(9(8)6-14-11)7-1-3-12-5-7/h1-5,12H,6H2,(H,14,15). The third-order valence-corrected chi connectivity index (χ3v) is 2.60. The number of pyridine rings is 1. The van der Waals surface area contributed by atoms with Gasteiger partial charge in [-0.2, -0.15) is 0 Å². The van der Waals surface area contributed by atoms with E-state index in [2.05, 4.69) is 15.3 Å². The normalized spacial score (nSPS) is 13.7. The second kappa shape index (κ2) is 2.95. The number of H-pyrrole nitrogens is 1. The quantitative estimate of drug-likeness (QED) is 0.727. The van der Waals surface area contributed by atoms with Crippen molar-refractivity contribution in [3.05, 3.63) is 41.9 Å². The molecular weight excluding hydrogens is 190 g/mol. The third-order valence-electron chi connectivity index (χ3n) is 2.60. The van der Waals surface area contributed by atoms with Gasteiger partial charge in [0.05, 0.1) is 5.69 Å². The minimum absolute atomic E-state index is 0.0100. The number of carbonyl (C=O) groups is 1. The molecule has 1 amide bonds. The summed E-state index contributed by atoms with van der Waals surface area (Å²) >= 11 is 0. The Bertz CT molecular complexity index is 517. The highest BCUT2D eigenvalue weighted by Gasteiger charge is 2.22. The number of nitrogens with one attached hydrogen (secondary N) is 2. The summed E-state index contributed by atoms with van der Waals surface area (Å²) in [6, 6.07) is 3.71. The number of hydrogen-bond acceptors (Lipinski definition) is 2. The van der Waals surface area contributed by atoms with E-state index in [1.807, 2.05) is 18.5 Å². The average molecular weight is 199 g/mol. The summed E-state index contributed by atoms with van der Waals surface area (Å²) in [5, 5.41) is 2.80. The molecule has 0 atom stereocenters. The first-order valence-electron chi connectivity index (χ1n) is 4.75. The van der Waals surface area contributed by atoms with E-state index in [9.17, 15) is 4.79 Å². The molecule has 3 heterocycles. The number of hydrogen-bond donors (Lipinski definition) is 2. The zero-order valence-corrected chi connectivity index (χ0v) is 7.95. The fourth-order valence-electron chi connectivity index (χ4n) is 1.87. The van der Waals surface area contributed by atoms with Crippen LogP contribution in [0.25, 0.3) is 11.3 Å². The molecule has 0 spiro atoms. The molecule has 15 heavy (non-hydrogen) atoms. The molecule has 0 radical (unpaired) electrons. The van der Waals surface area contributed by atoms with Crippen LogP contribution in [0.2, 0.25) is 0 Å². The molecule has 0 aromatic carbocycles. The lowest BCUT2D eigenvalue weighted by molar-refractivity contribution is 0.0965. The minimum atomic E-state index is -0.0100. The van der Waals surface area contributed by atoms with Gasteiger partial charge >= 0.3 is 0 Å². The van der Waals surface area contributed by atoms with Crippen molar-refractivity contribution in [2.45, 2.75) is 6.54 Å². The van der Waals surface area contributed by atoms with Crippen LogP contribution in [0.4, 0.5) is 0 Å². The molecule has 2 N–H and O–H groups in total. The fraction of sp³-hybridized carbons (Fsp3) is 0.0909. The Hall–Kier alpha value is -2.10. The zero-order valence-electron chi connectivity index (χ0n) is 7.95. The molecule has 0 saturated heterocycles. The number of aromatic nitrogens is 2. The number of amides is 1. The second-order valence-corrected chi connectivity index (χ2v) is 3.47. The maximum Gasteiger partial charge on any atom is 0.252 e. The number of carbonyl (C=O) groups excluding carboxylic acids is 1. The Labute approximate surface area is 86.4 Å². The van der Waals surface area contributed by atoms with Crippen LogP contribution in [-0.2, 0) is 6.54 Å². The monoisotopic (exact) mass is 199 g/mol. The van der Waals surface area contributed by atoms with Gasteiger partial charge in [0.2, 0.25) is 0 Å². The average Bonchev–Trinajstić information content (AvgIpc) is 2.88. The molecule has 0 bridgehead atoms. The van der Waals surface area contributed by atoms with Gasteiger partial charge in [-0.25, -0.2) is 0 Å². The van der Waals surface area contributed by atoms with Gasteiger partial charge in [-0.15, -0.1) is 0 Å². The van der Waals surface area contributed by atoms with Gasteiger partial charge in [0.15, 0.2) is 0 Å². The first-order chi connectivity index (χ1) is 7.36. The first-order valence-corrected chi connectivity index (χ1v) is 4.75. The van der Waals surface area contributed by atoms with E-state index in [1.165, 1.54) is 0 Å². The van der Waals surface area contributed by atoms with Crippen molar-refractivity contribution in [2.24, 2.45) is 0 Å². The lowest BCUT2D eigenvalue weighted by Gasteiger charge is -2.02.